The first-order chi connectivity index (χ1) is 6.07. The van der Waals surface area contributed by atoms with Gasteiger partial charge in [-0.25, -0.2) is 5.84 Å². The standard InChI is InChI=1S/C6H12N2O5/c7-8-6(12)5-4(11)3(10)2(9)1-13-5/h2-5,9-11H,1,7H2,(H,8,12)/t2-,3+,4-,5?/m1/s1. The lowest BCUT2D eigenvalue weighted by Crippen LogP contribution is -2.58. The van der Waals surface area contributed by atoms with Crippen LogP contribution in [0.15, 0.2) is 0 Å². The van der Waals surface area contributed by atoms with Crippen molar-refractivity contribution in [3.05, 3.63) is 0 Å². The smallest absolute Gasteiger partial charge is 0.265 e. The Kier molecular flexibility index (Phi) is 3.17. The van der Waals surface area contributed by atoms with Crippen LogP contribution in [0.3, 0.4) is 0 Å². The molecule has 6 N–H and O–H groups in total. The molecule has 0 aromatic carbocycles. The number of hydrogen-bond donors (Lipinski definition) is 5. The first-order valence-corrected chi connectivity index (χ1v) is 3.74. The molecule has 1 saturated heterocycles. The number of hydrazine groups is 1. The molecule has 13 heavy (non-hydrogen) atoms. The van der Waals surface area contributed by atoms with Crippen molar-refractivity contribution in [1.82, 2.24) is 5.43 Å². The molecule has 7 heteroatoms. The Morgan fingerprint density at radius 1 is 1.38 bits per heavy atom. The quantitative estimate of drug-likeness (QED) is 0.166. The van der Waals surface area contributed by atoms with Gasteiger partial charge in [-0.2, -0.15) is 0 Å². The number of hydrogen-bond acceptors (Lipinski definition) is 6. The lowest BCUT2D eigenvalue weighted by Gasteiger charge is -2.33. The summed E-state index contributed by atoms with van der Waals surface area (Å²) in [4.78, 5) is 10.9. The number of nitrogens with two attached hydrogens (primary N) is 1. The summed E-state index contributed by atoms with van der Waals surface area (Å²) in [6.45, 7) is -0.212. The molecule has 1 unspecified atom stereocenters. The van der Waals surface area contributed by atoms with Gasteiger partial charge in [0.2, 0.25) is 0 Å². The fourth-order valence-corrected chi connectivity index (χ4v) is 1.12. The SMILES string of the molecule is NNC(=O)C1OC[C@@H](O)[C@H](O)[C@H]1O. The maximum atomic E-state index is 10.9. The van der Waals surface area contributed by atoms with Crippen LogP contribution < -0.4 is 11.3 Å². The Labute approximate surface area is 74.1 Å². The zero-order valence-corrected chi connectivity index (χ0v) is 6.75. The molecule has 1 amide bonds. The van der Waals surface area contributed by atoms with E-state index in [1.165, 1.54) is 0 Å². The summed E-state index contributed by atoms with van der Waals surface area (Å²) in [6, 6.07) is 0. The van der Waals surface area contributed by atoms with E-state index < -0.39 is 30.3 Å². The van der Waals surface area contributed by atoms with Crippen molar-refractivity contribution in [3.8, 4) is 0 Å². The summed E-state index contributed by atoms with van der Waals surface area (Å²) in [5, 5.41) is 27.4. The van der Waals surface area contributed by atoms with E-state index in [9.17, 15) is 9.90 Å². The molecule has 1 fully saturated rings. The third kappa shape index (κ3) is 1.95. The summed E-state index contributed by atoms with van der Waals surface area (Å²) in [5.74, 6) is 4.07. The highest BCUT2D eigenvalue weighted by molar-refractivity contribution is 5.81. The van der Waals surface area contributed by atoms with E-state index in [-0.39, 0.29) is 6.61 Å². The maximum Gasteiger partial charge on any atom is 0.265 e. The van der Waals surface area contributed by atoms with Crippen molar-refractivity contribution in [3.63, 3.8) is 0 Å². The topological polar surface area (TPSA) is 125 Å². The van der Waals surface area contributed by atoms with Crippen molar-refractivity contribution in [2.24, 2.45) is 5.84 Å². The van der Waals surface area contributed by atoms with Crippen LogP contribution in [-0.4, -0.2) is 52.2 Å². The van der Waals surface area contributed by atoms with Crippen LogP contribution in [0.25, 0.3) is 0 Å². The lowest BCUT2D eigenvalue weighted by molar-refractivity contribution is -0.192. The van der Waals surface area contributed by atoms with Crippen molar-refractivity contribution < 1.29 is 24.9 Å². The van der Waals surface area contributed by atoms with Gasteiger partial charge in [-0.1, -0.05) is 0 Å². The second kappa shape index (κ2) is 3.99. The molecule has 7 nitrogen and oxygen atoms in total. The monoisotopic (exact) mass is 192 g/mol. The van der Waals surface area contributed by atoms with Gasteiger partial charge in [-0.15, -0.1) is 0 Å². The Morgan fingerprint density at radius 3 is 2.54 bits per heavy atom. The molecule has 0 saturated carbocycles. The van der Waals surface area contributed by atoms with Crippen LogP contribution in [0, 0.1) is 0 Å². The highest BCUT2D eigenvalue weighted by Crippen LogP contribution is 2.15. The van der Waals surface area contributed by atoms with E-state index in [0.717, 1.165) is 0 Å². The zero-order valence-electron chi connectivity index (χ0n) is 6.75. The van der Waals surface area contributed by atoms with Crippen molar-refractivity contribution >= 4 is 5.91 Å². The van der Waals surface area contributed by atoms with Crippen molar-refractivity contribution in [1.29, 1.82) is 0 Å². The number of ether oxygens (including phenoxy) is 1. The second-order valence-electron chi connectivity index (χ2n) is 2.81. The van der Waals surface area contributed by atoms with Gasteiger partial charge < -0.3 is 20.1 Å². The molecule has 1 aliphatic heterocycles. The van der Waals surface area contributed by atoms with Gasteiger partial charge in [-0.05, 0) is 0 Å². The minimum Gasteiger partial charge on any atom is -0.388 e. The minimum absolute atomic E-state index is 0.212. The number of nitrogens with one attached hydrogen (secondary N) is 1. The van der Waals surface area contributed by atoms with Gasteiger partial charge in [-0.3, -0.25) is 10.2 Å². The van der Waals surface area contributed by atoms with Crippen LogP contribution in [0.4, 0.5) is 0 Å². The molecular weight excluding hydrogens is 180 g/mol. The average molecular weight is 192 g/mol. The van der Waals surface area contributed by atoms with Crippen LogP contribution >= 0.6 is 0 Å². The Bertz CT molecular complexity index is 199. The Balaban J connectivity index is 2.63. The third-order valence-corrected chi connectivity index (χ3v) is 1.90. The van der Waals surface area contributed by atoms with Gasteiger partial charge >= 0.3 is 0 Å². The fraction of sp³-hybridized carbons (Fsp3) is 0.833. The minimum atomic E-state index is -1.47. The van der Waals surface area contributed by atoms with Gasteiger partial charge in [0.15, 0.2) is 6.10 Å². The number of amides is 1. The summed E-state index contributed by atoms with van der Waals surface area (Å²) in [6.07, 6.45) is -5.27. The number of aliphatic hydroxyl groups is 3. The van der Waals surface area contributed by atoms with E-state index in [4.69, 9.17) is 20.8 Å². The predicted molar refractivity (Wildman–Crippen MR) is 40.1 cm³/mol. The van der Waals surface area contributed by atoms with Crippen LogP contribution in [-0.2, 0) is 9.53 Å². The van der Waals surface area contributed by atoms with Gasteiger partial charge in [0, 0.05) is 0 Å². The summed E-state index contributed by atoms with van der Waals surface area (Å²) >= 11 is 0. The summed E-state index contributed by atoms with van der Waals surface area (Å²) < 4.78 is 4.77. The molecule has 0 aliphatic carbocycles. The van der Waals surface area contributed by atoms with E-state index in [0.29, 0.717) is 0 Å². The second-order valence-corrected chi connectivity index (χ2v) is 2.81. The predicted octanol–water partition coefficient (Wildman–Crippen LogP) is -3.54. The van der Waals surface area contributed by atoms with Crippen molar-refractivity contribution in [2.45, 2.75) is 24.4 Å². The van der Waals surface area contributed by atoms with E-state index >= 15 is 0 Å². The zero-order chi connectivity index (χ0) is 10.0. The molecule has 0 spiro atoms. The Morgan fingerprint density at radius 2 is 2.00 bits per heavy atom. The van der Waals surface area contributed by atoms with E-state index in [1.807, 2.05) is 0 Å². The van der Waals surface area contributed by atoms with Crippen LogP contribution in [0.5, 0.6) is 0 Å². The van der Waals surface area contributed by atoms with Gasteiger partial charge in [0.05, 0.1) is 6.61 Å². The van der Waals surface area contributed by atoms with Gasteiger partial charge in [0.1, 0.15) is 18.3 Å². The lowest BCUT2D eigenvalue weighted by atomic mass is 10.00. The summed E-state index contributed by atoms with van der Waals surface area (Å²) in [7, 11) is 0. The largest absolute Gasteiger partial charge is 0.388 e. The van der Waals surface area contributed by atoms with Gasteiger partial charge in [0.25, 0.3) is 5.91 Å². The molecule has 0 aromatic rings. The molecule has 1 aliphatic rings. The highest BCUT2D eigenvalue weighted by Gasteiger charge is 2.41. The van der Waals surface area contributed by atoms with Crippen molar-refractivity contribution in [2.75, 3.05) is 6.61 Å². The number of aliphatic hydroxyl groups excluding tert-OH is 3. The molecule has 0 aromatic heterocycles. The highest BCUT2D eigenvalue weighted by atomic mass is 16.5. The summed E-state index contributed by atoms with van der Waals surface area (Å²) in [5.41, 5.74) is 1.78. The first-order valence-electron chi connectivity index (χ1n) is 3.74. The molecule has 76 valence electrons. The number of carbonyl (C=O) groups excluding carboxylic acids is 1. The van der Waals surface area contributed by atoms with E-state index in [2.05, 4.69) is 0 Å². The number of rotatable bonds is 1. The van der Waals surface area contributed by atoms with Crippen LogP contribution in [0.2, 0.25) is 0 Å². The average Bonchev–Trinajstić information content (AvgIpc) is 2.13. The molecule has 1 heterocycles. The molecular formula is C6H12N2O5. The molecule has 0 bridgehead atoms. The maximum absolute atomic E-state index is 10.9. The number of carbonyl (C=O) groups is 1. The first kappa shape index (κ1) is 10.4. The fourth-order valence-electron chi connectivity index (χ4n) is 1.12. The Hall–Kier alpha value is -0.730. The molecule has 0 radical (unpaired) electrons. The van der Waals surface area contributed by atoms with E-state index in [1.54, 1.807) is 5.43 Å². The molecule has 4 atom stereocenters. The van der Waals surface area contributed by atoms with Crippen LogP contribution in [0.1, 0.15) is 0 Å². The normalized spacial score (nSPS) is 40.0. The third-order valence-electron chi connectivity index (χ3n) is 1.90. The molecule has 1 rings (SSSR count).